The minimum absolute atomic E-state index is 0.00111. The molecular weight excluding hydrogens is 306 g/mol. The van der Waals surface area contributed by atoms with E-state index in [0.717, 1.165) is 30.7 Å². The van der Waals surface area contributed by atoms with Crippen molar-refractivity contribution in [3.8, 4) is 0 Å². The van der Waals surface area contributed by atoms with E-state index in [1.54, 1.807) is 11.9 Å². The van der Waals surface area contributed by atoms with Crippen LogP contribution in [0, 0.1) is 0 Å². The van der Waals surface area contributed by atoms with Crippen molar-refractivity contribution in [3.63, 3.8) is 0 Å². The second-order valence-electron chi connectivity index (χ2n) is 6.53. The molecule has 24 heavy (non-hydrogen) atoms. The summed E-state index contributed by atoms with van der Waals surface area (Å²) in [5.74, 6) is 0.00111. The maximum atomic E-state index is 13.0. The summed E-state index contributed by atoms with van der Waals surface area (Å²) in [5, 5.41) is 2.95. The lowest BCUT2D eigenvalue weighted by Gasteiger charge is -2.31. The van der Waals surface area contributed by atoms with E-state index in [0.29, 0.717) is 18.7 Å². The number of carbonyl (C=O) groups is 2. The first-order chi connectivity index (χ1) is 11.6. The highest BCUT2D eigenvalue weighted by Crippen LogP contribution is 2.35. The highest BCUT2D eigenvalue weighted by Gasteiger charge is 2.43. The van der Waals surface area contributed by atoms with Gasteiger partial charge in [0.1, 0.15) is 0 Å². The summed E-state index contributed by atoms with van der Waals surface area (Å²) < 4.78 is 5.67. The van der Waals surface area contributed by atoms with Crippen molar-refractivity contribution in [2.24, 2.45) is 0 Å². The third-order valence-corrected chi connectivity index (χ3v) is 5.02. The summed E-state index contributed by atoms with van der Waals surface area (Å²) in [7, 11) is 1.72. The molecule has 2 atom stereocenters. The molecule has 0 saturated carbocycles. The zero-order valence-corrected chi connectivity index (χ0v) is 13.7. The van der Waals surface area contributed by atoms with Crippen LogP contribution in [0.5, 0.6) is 0 Å². The Bertz CT molecular complexity index is 695. The minimum Gasteiger partial charge on any atom is -0.376 e. The second kappa shape index (κ2) is 5.94. The zero-order chi connectivity index (χ0) is 16.7. The van der Waals surface area contributed by atoms with Gasteiger partial charge in [-0.15, -0.1) is 0 Å². The largest absolute Gasteiger partial charge is 0.376 e. The van der Waals surface area contributed by atoms with Gasteiger partial charge in [-0.3, -0.25) is 9.69 Å². The molecular formula is C18H21N3O3. The normalized spacial score (nSPS) is 26.9. The number of ether oxygens (including phenoxy) is 1. The van der Waals surface area contributed by atoms with Gasteiger partial charge in [0, 0.05) is 20.2 Å². The summed E-state index contributed by atoms with van der Waals surface area (Å²) in [6.07, 6.45) is 2.15. The van der Waals surface area contributed by atoms with Crippen molar-refractivity contribution >= 4 is 11.9 Å². The van der Waals surface area contributed by atoms with Crippen LogP contribution in [0.15, 0.2) is 41.6 Å². The van der Waals surface area contributed by atoms with Crippen LogP contribution < -0.4 is 5.32 Å². The predicted molar refractivity (Wildman–Crippen MR) is 88.1 cm³/mol. The van der Waals surface area contributed by atoms with Crippen LogP contribution in [0.25, 0.3) is 0 Å². The monoisotopic (exact) mass is 327 g/mol. The average molecular weight is 327 g/mol. The van der Waals surface area contributed by atoms with Crippen LogP contribution in [0.4, 0.5) is 4.79 Å². The van der Waals surface area contributed by atoms with E-state index in [-0.39, 0.29) is 24.1 Å². The van der Waals surface area contributed by atoms with E-state index >= 15 is 0 Å². The second-order valence-corrected chi connectivity index (χ2v) is 6.53. The van der Waals surface area contributed by atoms with Gasteiger partial charge in [0.15, 0.2) is 0 Å². The fraction of sp³-hybridized carbons (Fsp3) is 0.444. The molecule has 1 aromatic carbocycles. The van der Waals surface area contributed by atoms with Crippen LogP contribution in [0.3, 0.4) is 0 Å². The van der Waals surface area contributed by atoms with Gasteiger partial charge in [0.25, 0.3) is 5.91 Å². The SMILES string of the molecule is CN1C(=O)N[C@H](c2ccccc2)C2=C1CN(C[C@H]1CCCO1)C2=O. The molecule has 6 heteroatoms. The smallest absolute Gasteiger partial charge is 0.322 e. The Balaban J connectivity index is 1.64. The Morgan fingerprint density at radius 3 is 2.75 bits per heavy atom. The molecule has 0 unspecified atom stereocenters. The lowest BCUT2D eigenvalue weighted by atomic mass is 9.96. The standard InChI is InChI=1S/C18H21N3O3/c1-20-14-11-21(10-13-8-5-9-24-13)17(22)15(14)16(19-18(20)23)12-6-3-2-4-7-12/h2-4,6-7,13,16H,5,8-11H2,1H3,(H,19,23)/t13-,16-/m1/s1. The summed E-state index contributed by atoms with van der Waals surface area (Å²) in [6.45, 7) is 1.84. The molecule has 0 aliphatic carbocycles. The summed E-state index contributed by atoms with van der Waals surface area (Å²) in [6, 6.07) is 9.10. The van der Waals surface area contributed by atoms with Crippen LogP contribution >= 0.6 is 0 Å². The van der Waals surface area contributed by atoms with Gasteiger partial charge in [-0.25, -0.2) is 4.79 Å². The van der Waals surface area contributed by atoms with Crippen molar-refractivity contribution < 1.29 is 14.3 Å². The Kier molecular flexibility index (Phi) is 3.76. The fourth-order valence-electron chi connectivity index (χ4n) is 3.70. The van der Waals surface area contributed by atoms with Crippen molar-refractivity contribution in [1.82, 2.24) is 15.1 Å². The molecule has 0 spiro atoms. The summed E-state index contributed by atoms with van der Waals surface area (Å²) in [5.41, 5.74) is 2.41. The Morgan fingerprint density at radius 1 is 1.25 bits per heavy atom. The first-order valence-electron chi connectivity index (χ1n) is 8.38. The molecule has 0 aromatic heterocycles. The highest BCUT2D eigenvalue weighted by atomic mass is 16.5. The van der Waals surface area contributed by atoms with Gasteiger partial charge in [-0.05, 0) is 18.4 Å². The van der Waals surface area contributed by atoms with Gasteiger partial charge in [-0.1, -0.05) is 30.3 Å². The number of rotatable bonds is 3. The maximum absolute atomic E-state index is 13.0. The van der Waals surface area contributed by atoms with Crippen LogP contribution in [-0.4, -0.2) is 54.6 Å². The topological polar surface area (TPSA) is 61.9 Å². The third-order valence-electron chi connectivity index (χ3n) is 5.02. The minimum atomic E-state index is -0.383. The van der Waals surface area contributed by atoms with E-state index < -0.39 is 0 Å². The molecule has 3 amide bonds. The van der Waals surface area contributed by atoms with Crippen LogP contribution in [0.1, 0.15) is 24.4 Å². The van der Waals surface area contributed by atoms with Crippen molar-refractivity contribution in [3.05, 3.63) is 47.2 Å². The lowest BCUT2D eigenvalue weighted by Crippen LogP contribution is -2.45. The highest BCUT2D eigenvalue weighted by molar-refractivity contribution is 6.01. The lowest BCUT2D eigenvalue weighted by molar-refractivity contribution is -0.127. The van der Waals surface area contributed by atoms with E-state index in [2.05, 4.69) is 5.32 Å². The van der Waals surface area contributed by atoms with Crippen molar-refractivity contribution in [1.29, 1.82) is 0 Å². The number of likely N-dealkylation sites (N-methyl/N-ethyl adjacent to an activating group) is 1. The fourth-order valence-corrected chi connectivity index (χ4v) is 3.70. The number of urea groups is 1. The number of nitrogens with one attached hydrogen (secondary N) is 1. The zero-order valence-electron chi connectivity index (χ0n) is 13.7. The number of carbonyl (C=O) groups excluding carboxylic acids is 2. The van der Waals surface area contributed by atoms with Crippen molar-refractivity contribution in [2.75, 3.05) is 26.7 Å². The molecule has 3 heterocycles. The van der Waals surface area contributed by atoms with Gasteiger partial charge < -0.3 is 15.0 Å². The average Bonchev–Trinajstić information content (AvgIpc) is 3.22. The van der Waals surface area contributed by atoms with E-state index in [9.17, 15) is 9.59 Å². The molecule has 3 aliphatic rings. The Morgan fingerprint density at radius 2 is 2.04 bits per heavy atom. The summed E-state index contributed by atoms with van der Waals surface area (Å²) in [4.78, 5) is 28.7. The first-order valence-corrected chi connectivity index (χ1v) is 8.38. The third kappa shape index (κ3) is 2.47. The van der Waals surface area contributed by atoms with E-state index in [1.165, 1.54) is 0 Å². The van der Waals surface area contributed by atoms with E-state index in [4.69, 9.17) is 4.74 Å². The number of hydrogen-bond acceptors (Lipinski definition) is 3. The Labute approximate surface area is 141 Å². The Hall–Kier alpha value is -2.34. The molecule has 1 aromatic rings. The summed E-state index contributed by atoms with van der Waals surface area (Å²) >= 11 is 0. The van der Waals surface area contributed by atoms with Crippen molar-refractivity contribution in [2.45, 2.75) is 25.0 Å². The molecule has 126 valence electrons. The van der Waals surface area contributed by atoms with E-state index in [1.807, 2.05) is 35.2 Å². The molecule has 0 bridgehead atoms. The molecule has 1 fully saturated rings. The molecule has 3 aliphatic heterocycles. The predicted octanol–water partition coefficient (Wildman–Crippen LogP) is 1.66. The molecule has 0 radical (unpaired) electrons. The maximum Gasteiger partial charge on any atom is 0.322 e. The number of benzene rings is 1. The quantitative estimate of drug-likeness (QED) is 0.918. The number of nitrogens with zero attached hydrogens (tertiary/aromatic N) is 2. The number of amides is 3. The van der Waals surface area contributed by atoms with Crippen LogP contribution in [-0.2, 0) is 9.53 Å². The van der Waals surface area contributed by atoms with Crippen LogP contribution in [0.2, 0.25) is 0 Å². The molecule has 1 saturated heterocycles. The molecule has 6 nitrogen and oxygen atoms in total. The van der Waals surface area contributed by atoms with Gasteiger partial charge in [0.05, 0.1) is 30.0 Å². The number of hydrogen-bond donors (Lipinski definition) is 1. The van der Waals surface area contributed by atoms with Gasteiger partial charge in [0.2, 0.25) is 0 Å². The first kappa shape index (κ1) is 15.2. The molecule has 4 rings (SSSR count). The van der Waals surface area contributed by atoms with Gasteiger partial charge in [-0.2, -0.15) is 0 Å². The molecule has 1 N–H and O–H groups in total. The van der Waals surface area contributed by atoms with Gasteiger partial charge >= 0.3 is 6.03 Å².